The van der Waals surface area contributed by atoms with Crippen LogP contribution in [0.3, 0.4) is 0 Å². The maximum atomic E-state index is 13.2. The summed E-state index contributed by atoms with van der Waals surface area (Å²) >= 11 is 0. The molecule has 0 saturated heterocycles. The average molecular weight is 478 g/mol. The number of benzene rings is 2. The van der Waals surface area contributed by atoms with Gasteiger partial charge in [0.2, 0.25) is 11.8 Å². The smallest absolute Gasteiger partial charge is 0.303 e. The van der Waals surface area contributed by atoms with Crippen molar-refractivity contribution < 1.29 is 19.5 Å². The molecule has 7 nitrogen and oxygen atoms in total. The number of hydrogen-bond donors (Lipinski definition) is 1. The van der Waals surface area contributed by atoms with E-state index in [9.17, 15) is 14.4 Å². The van der Waals surface area contributed by atoms with E-state index in [1.807, 2.05) is 39.0 Å². The minimum atomic E-state index is -0.789. The Bertz CT molecular complexity index is 983. The number of amides is 2. The zero-order chi connectivity index (χ0) is 24.6. The van der Waals surface area contributed by atoms with E-state index in [1.165, 1.54) is 22.3 Å². The molecule has 0 radical (unpaired) electrons. The van der Waals surface area contributed by atoms with Crippen molar-refractivity contribution in [3.05, 3.63) is 70.8 Å². The quantitative estimate of drug-likeness (QED) is 0.532. The van der Waals surface area contributed by atoms with E-state index in [0.29, 0.717) is 39.1 Å². The van der Waals surface area contributed by atoms with Crippen LogP contribution in [-0.2, 0) is 40.3 Å². The van der Waals surface area contributed by atoms with Crippen LogP contribution in [0, 0.1) is 0 Å². The highest BCUT2D eigenvalue weighted by Crippen LogP contribution is 2.20. The fourth-order valence-electron chi connectivity index (χ4n) is 5.00. The molecule has 0 aromatic heterocycles. The molecule has 2 aromatic rings. The number of fused-ring (bicyclic) bond motifs is 2. The molecule has 2 aliphatic rings. The van der Waals surface area contributed by atoms with E-state index >= 15 is 0 Å². The van der Waals surface area contributed by atoms with Gasteiger partial charge in [-0.15, -0.1) is 0 Å². The highest BCUT2D eigenvalue weighted by atomic mass is 16.4. The van der Waals surface area contributed by atoms with Crippen LogP contribution in [0.1, 0.15) is 47.9 Å². The lowest BCUT2D eigenvalue weighted by molar-refractivity contribution is -0.138. The van der Waals surface area contributed by atoms with Gasteiger partial charge in [0.25, 0.3) is 0 Å². The lowest BCUT2D eigenvalue weighted by Crippen LogP contribution is -2.47. The molecule has 2 aliphatic heterocycles. The molecule has 2 heterocycles. The van der Waals surface area contributed by atoms with Crippen LogP contribution in [0.15, 0.2) is 48.5 Å². The van der Waals surface area contributed by atoms with Crippen molar-refractivity contribution in [1.29, 1.82) is 0 Å². The van der Waals surface area contributed by atoms with Crippen molar-refractivity contribution in [1.82, 2.24) is 14.7 Å². The molecule has 0 fully saturated rings. The van der Waals surface area contributed by atoms with Gasteiger partial charge in [0.15, 0.2) is 0 Å². The van der Waals surface area contributed by atoms with Crippen LogP contribution >= 0.6 is 0 Å². The van der Waals surface area contributed by atoms with Gasteiger partial charge in [-0.1, -0.05) is 55.0 Å². The highest BCUT2D eigenvalue weighted by Gasteiger charge is 2.26. The van der Waals surface area contributed by atoms with E-state index < -0.39 is 5.97 Å². The number of hydrogen-bond acceptors (Lipinski definition) is 4. The van der Waals surface area contributed by atoms with Gasteiger partial charge in [-0.25, -0.2) is 0 Å². The fourth-order valence-corrected chi connectivity index (χ4v) is 5.00. The molecule has 0 unspecified atom stereocenters. The van der Waals surface area contributed by atoms with Gasteiger partial charge in [0.1, 0.15) is 0 Å². The third-order valence-electron chi connectivity index (χ3n) is 7.05. The van der Waals surface area contributed by atoms with Crippen LogP contribution in [0.4, 0.5) is 0 Å². The molecule has 0 spiro atoms. The van der Waals surface area contributed by atoms with E-state index in [2.05, 4.69) is 24.3 Å². The molecule has 186 valence electrons. The number of carbonyl (C=O) groups is 3. The van der Waals surface area contributed by atoms with E-state index in [4.69, 9.17) is 5.11 Å². The first-order valence-corrected chi connectivity index (χ1v) is 12.6. The number of carboxylic acids is 1. The normalized spacial score (nSPS) is 15.0. The highest BCUT2D eigenvalue weighted by molar-refractivity contribution is 5.81. The fraction of sp³-hybridized carbons (Fsp3) is 0.464. The Morgan fingerprint density at radius 3 is 1.69 bits per heavy atom. The molecule has 0 saturated carbocycles. The monoisotopic (exact) mass is 477 g/mol. The number of carbonyl (C=O) groups excluding carboxylic acids is 2. The number of nitrogens with zero attached hydrogens (tertiary/aromatic N) is 3. The Hall–Kier alpha value is -3.19. The van der Waals surface area contributed by atoms with Crippen molar-refractivity contribution in [2.24, 2.45) is 0 Å². The van der Waals surface area contributed by atoms with Gasteiger partial charge in [-0.2, -0.15) is 0 Å². The molecular weight excluding hydrogens is 442 g/mol. The third-order valence-corrected chi connectivity index (χ3v) is 7.05. The number of aliphatic carboxylic acids is 1. The first-order chi connectivity index (χ1) is 17.0. The third kappa shape index (κ3) is 6.92. The Labute approximate surface area is 207 Å². The van der Waals surface area contributed by atoms with Crippen LogP contribution in [-0.4, -0.2) is 70.3 Å². The second-order valence-electron chi connectivity index (χ2n) is 9.58. The van der Waals surface area contributed by atoms with E-state index in [0.717, 1.165) is 25.7 Å². The van der Waals surface area contributed by atoms with E-state index in [-0.39, 0.29) is 31.3 Å². The second-order valence-corrected chi connectivity index (χ2v) is 9.58. The summed E-state index contributed by atoms with van der Waals surface area (Å²) in [6, 6.07) is 16.5. The molecule has 7 heteroatoms. The number of rotatable bonds is 10. The average Bonchev–Trinajstić information content (AvgIpc) is 2.87. The molecule has 1 N–H and O–H groups in total. The Balaban J connectivity index is 1.35. The molecule has 4 rings (SSSR count). The molecule has 0 atom stereocenters. The van der Waals surface area contributed by atoms with Gasteiger partial charge in [-0.3, -0.25) is 19.3 Å². The lowest BCUT2D eigenvalue weighted by Gasteiger charge is -2.33. The van der Waals surface area contributed by atoms with Gasteiger partial charge in [0, 0.05) is 32.6 Å². The van der Waals surface area contributed by atoms with Crippen LogP contribution in [0.5, 0.6) is 0 Å². The topological polar surface area (TPSA) is 81.2 Å². The first-order valence-electron chi connectivity index (χ1n) is 12.6. The predicted molar refractivity (Wildman–Crippen MR) is 134 cm³/mol. The van der Waals surface area contributed by atoms with Gasteiger partial charge < -0.3 is 14.9 Å². The summed E-state index contributed by atoms with van der Waals surface area (Å²) in [5.41, 5.74) is 4.98. The largest absolute Gasteiger partial charge is 0.481 e. The molecule has 0 bridgehead atoms. The minimum absolute atomic E-state index is 0.0434. The molecule has 2 amide bonds. The Kier molecular flexibility index (Phi) is 8.53. The Morgan fingerprint density at radius 2 is 1.20 bits per heavy atom. The summed E-state index contributed by atoms with van der Waals surface area (Å²) in [6.45, 7) is 3.62. The summed E-state index contributed by atoms with van der Waals surface area (Å²) in [6.07, 6.45) is 3.99. The van der Waals surface area contributed by atoms with E-state index in [1.54, 1.807) is 0 Å². The van der Waals surface area contributed by atoms with Crippen molar-refractivity contribution in [3.8, 4) is 0 Å². The SMILES string of the molecule is O=C(O)CCCCCN(CC(=O)N1CCc2ccccc2C1)CC(=O)N1CCc2ccccc2C1. The first kappa shape index (κ1) is 24.9. The van der Waals surface area contributed by atoms with Gasteiger partial charge in [-0.05, 0) is 54.5 Å². The summed E-state index contributed by atoms with van der Waals surface area (Å²) in [5.74, 6) is -0.702. The zero-order valence-corrected chi connectivity index (χ0v) is 20.3. The minimum Gasteiger partial charge on any atom is -0.481 e. The summed E-state index contributed by atoms with van der Waals surface area (Å²) in [7, 11) is 0. The van der Waals surface area contributed by atoms with Crippen LogP contribution < -0.4 is 0 Å². The standard InChI is InChI=1S/C28H35N3O4/c32-26(30-16-13-22-8-3-5-10-24(22)18-30)20-29(15-7-1-2-12-28(34)35)21-27(33)31-17-14-23-9-4-6-11-25(23)19-31/h3-6,8-11H,1-2,7,12-21H2,(H,34,35). The Morgan fingerprint density at radius 1 is 0.714 bits per heavy atom. The molecule has 0 aliphatic carbocycles. The maximum absolute atomic E-state index is 13.2. The van der Waals surface area contributed by atoms with Crippen LogP contribution in [0.25, 0.3) is 0 Å². The van der Waals surface area contributed by atoms with Crippen molar-refractivity contribution in [2.75, 3.05) is 32.7 Å². The van der Waals surface area contributed by atoms with Crippen molar-refractivity contribution in [3.63, 3.8) is 0 Å². The molecular formula is C28H35N3O4. The second kappa shape index (κ2) is 12.0. The summed E-state index contributed by atoms with van der Waals surface area (Å²) in [4.78, 5) is 42.9. The predicted octanol–water partition coefficient (Wildman–Crippen LogP) is 3.10. The maximum Gasteiger partial charge on any atom is 0.303 e. The molecule has 35 heavy (non-hydrogen) atoms. The van der Waals surface area contributed by atoms with Crippen molar-refractivity contribution >= 4 is 17.8 Å². The lowest BCUT2D eigenvalue weighted by atomic mass is 10.00. The van der Waals surface area contributed by atoms with Crippen LogP contribution in [0.2, 0.25) is 0 Å². The summed E-state index contributed by atoms with van der Waals surface area (Å²) in [5, 5.41) is 8.88. The zero-order valence-electron chi connectivity index (χ0n) is 20.3. The summed E-state index contributed by atoms with van der Waals surface area (Å²) < 4.78 is 0. The number of carboxylic acid groups (broad SMARTS) is 1. The molecule has 2 aromatic carbocycles. The van der Waals surface area contributed by atoms with Gasteiger partial charge in [0.05, 0.1) is 13.1 Å². The van der Waals surface area contributed by atoms with Crippen molar-refractivity contribution in [2.45, 2.75) is 51.6 Å². The number of unbranched alkanes of at least 4 members (excludes halogenated alkanes) is 2. The van der Waals surface area contributed by atoms with Gasteiger partial charge >= 0.3 is 5.97 Å².